The molecule has 0 saturated heterocycles. The number of nitrogens with zero attached hydrogens (tertiary/aromatic N) is 1. The fourth-order valence-electron chi connectivity index (χ4n) is 2.00. The summed E-state index contributed by atoms with van der Waals surface area (Å²) in [6, 6.07) is 11.7. The second-order valence-corrected chi connectivity index (χ2v) is 5.54. The number of nitrogens with one attached hydrogen (secondary N) is 1. The van der Waals surface area contributed by atoms with Crippen LogP contribution in [-0.2, 0) is 14.3 Å². The molecule has 2 rings (SSSR count). The van der Waals surface area contributed by atoms with Crippen LogP contribution in [0.1, 0.15) is 24.3 Å². The molecule has 1 atom stereocenters. The van der Waals surface area contributed by atoms with E-state index < -0.39 is 18.5 Å². The van der Waals surface area contributed by atoms with Gasteiger partial charge < -0.3 is 14.5 Å². The van der Waals surface area contributed by atoms with Crippen molar-refractivity contribution in [1.82, 2.24) is 5.32 Å². The van der Waals surface area contributed by atoms with Crippen molar-refractivity contribution in [3.63, 3.8) is 0 Å². The standard InChI is InChI=1S/C18H15ClN2O4/c1-12(13-4-2-5-15(19)8-13)21-17(22)11-25-18(23)14(10-20)9-16-6-3-7-24-16/h2-9,12H,11H2,1H3,(H,21,22)/b14-9+/t12-/m0/s1. The van der Waals surface area contributed by atoms with Gasteiger partial charge in [0.1, 0.15) is 17.4 Å². The van der Waals surface area contributed by atoms with Crippen LogP contribution in [0.4, 0.5) is 0 Å². The molecule has 128 valence electrons. The highest BCUT2D eigenvalue weighted by molar-refractivity contribution is 6.30. The third-order valence-corrected chi connectivity index (χ3v) is 3.47. The van der Waals surface area contributed by atoms with Crippen molar-refractivity contribution in [2.45, 2.75) is 13.0 Å². The van der Waals surface area contributed by atoms with E-state index in [2.05, 4.69) is 5.32 Å². The molecule has 0 fully saturated rings. The van der Waals surface area contributed by atoms with Gasteiger partial charge >= 0.3 is 5.97 Å². The third kappa shape index (κ3) is 5.52. The largest absolute Gasteiger partial charge is 0.465 e. The number of furan rings is 1. The zero-order valence-corrected chi connectivity index (χ0v) is 14.1. The first-order chi connectivity index (χ1) is 12.0. The molecule has 25 heavy (non-hydrogen) atoms. The summed E-state index contributed by atoms with van der Waals surface area (Å²) in [6.07, 6.45) is 2.66. The lowest BCUT2D eigenvalue weighted by atomic mass is 10.1. The van der Waals surface area contributed by atoms with Gasteiger partial charge in [-0.15, -0.1) is 0 Å². The number of rotatable bonds is 6. The number of hydrogen-bond acceptors (Lipinski definition) is 5. The van der Waals surface area contributed by atoms with Crippen LogP contribution in [0.15, 0.2) is 52.7 Å². The van der Waals surface area contributed by atoms with Crippen LogP contribution in [0, 0.1) is 11.3 Å². The lowest BCUT2D eigenvalue weighted by molar-refractivity contribution is -0.144. The molecule has 0 bridgehead atoms. The highest BCUT2D eigenvalue weighted by Crippen LogP contribution is 2.17. The van der Waals surface area contributed by atoms with E-state index in [0.717, 1.165) is 5.56 Å². The smallest absolute Gasteiger partial charge is 0.349 e. The highest BCUT2D eigenvalue weighted by Gasteiger charge is 2.15. The summed E-state index contributed by atoms with van der Waals surface area (Å²) in [7, 11) is 0. The first-order valence-corrected chi connectivity index (χ1v) is 7.74. The second-order valence-electron chi connectivity index (χ2n) is 5.11. The van der Waals surface area contributed by atoms with Crippen molar-refractivity contribution < 1.29 is 18.7 Å². The van der Waals surface area contributed by atoms with Crippen LogP contribution in [0.3, 0.4) is 0 Å². The van der Waals surface area contributed by atoms with E-state index in [0.29, 0.717) is 10.8 Å². The Bertz CT molecular complexity index is 822. The summed E-state index contributed by atoms with van der Waals surface area (Å²) < 4.78 is 9.88. The summed E-state index contributed by atoms with van der Waals surface area (Å²) in [6.45, 7) is 1.28. The van der Waals surface area contributed by atoms with E-state index in [1.54, 1.807) is 43.3 Å². The van der Waals surface area contributed by atoms with E-state index in [4.69, 9.17) is 26.0 Å². The molecule has 1 amide bonds. The maximum absolute atomic E-state index is 11.9. The molecule has 1 aromatic carbocycles. The first-order valence-electron chi connectivity index (χ1n) is 7.37. The minimum atomic E-state index is -0.899. The molecule has 1 N–H and O–H groups in total. The van der Waals surface area contributed by atoms with E-state index in [1.165, 1.54) is 12.3 Å². The summed E-state index contributed by atoms with van der Waals surface area (Å²) >= 11 is 5.91. The molecule has 0 aliphatic heterocycles. The fraction of sp³-hybridized carbons (Fsp3) is 0.167. The molecular formula is C18H15ClN2O4. The molecule has 6 nitrogen and oxygen atoms in total. The quantitative estimate of drug-likeness (QED) is 0.486. The van der Waals surface area contributed by atoms with Crippen LogP contribution in [0.2, 0.25) is 5.02 Å². The topological polar surface area (TPSA) is 92.3 Å². The maximum atomic E-state index is 11.9. The average Bonchev–Trinajstić information content (AvgIpc) is 3.10. The van der Waals surface area contributed by atoms with Crippen molar-refractivity contribution in [2.24, 2.45) is 0 Å². The SMILES string of the molecule is C[C@H](NC(=O)COC(=O)/C(C#N)=C/c1ccco1)c1cccc(Cl)c1. The molecule has 7 heteroatoms. The Hall–Kier alpha value is -3.04. The van der Waals surface area contributed by atoms with E-state index >= 15 is 0 Å². The Labute approximate surface area is 149 Å². The summed E-state index contributed by atoms with van der Waals surface area (Å²) in [4.78, 5) is 23.8. The maximum Gasteiger partial charge on any atom is 0.349 e. The van der Waals surface area contributed by atoms with Crippen molar-refractivity contribution in [3.05, 3.63) is 64.6 Å². The molecule has 0 unspecified atom stereocenters. The predicted octanol–water partition coefficient (Wildman–Crippen LogP) is 3.26. The van der Waals surface area contributed by atoms with Crippen LogP contribution in [0.25, 0.3) is 6.08 Å². The average molecular weight is 359 g/mol. The van der Waals surface area contributed by atoms with Gasteiger partial charge in [0.05, 0.1) is 12.3 Å². The Morgan fingerprint density at radius 2 is 2.20 bits per heavy atom. The first kappa shape index (κ1) is 18.3. The lowest BCUT2D eigenvalue weighted by Crippen LogP contribution is -2.31. The van der Waals surface area contributed by atoms with Gasteiger partial charge in [0, 0.05) is 11.1 Å². The van der Waals surface area contributed by atoms with Gasteiger partial charge in [0.25, 0.3) is 5.91 Å². The normalized spacial score (nSPS) is 12.1. The predicted molar refractivity (Wildman–Crippen MR) is 91.3 cm³/mol. The Morgan fingerprint density at radius 3 is 2.84 bits per heavy atom. The molecule has 0 saturated carbocycles. The molecule has 0 radical (unpaired) electrons. The Balaban J connectivity index is 1.88. The molecule has 0 spiro atoms. The van der Waals surface area contributed by atoms with Crippen molar-refractivity contribution in [2.75, 3.05) is 6.61 Å². The minimum absolute atomic E-state index is 0.259. The van der Waals surface area contributed by atoms with Crippen LogP contribution >= 0.6 is 11.6 Å². The van der Waals surface area contributed by atoms with E-state index in [1.807, 2.05) is 6.07 Å². The second kappa shape index (κ2) is 8.71. The number of benzene rings is 1. The van der Waals surface area contributed by atoms with Crippen LogP contribution in [-0.4, -0.2) is 18.5 Å². The molecule has 1 heterocycles. The molecule has 1 aromatic heterocycles. The van der Waals surface area contributed by atoms with Gasteiger partial charge in [-0.2, -0.15) is 5.26 Å². The summed E-state index contributed by atoms with van der Waals surface area (Å²) in [5.74, 6) is -1.05. The van der Waals surface area contributed by atoms with Gasteiger partial charge in [0.15, 0.2) is 6.61 Å². The number of amides is 1. The number of esters is 1. The number of hydrogen-bond donors (Lipinski definition) is 1. The van der Waals surface area contributed by atoms with Gasteiger partial charge in [-0.3, -0.25) is 4.79 Å². The molecule has 0 aliphatic rings. The molecular weight excluding hydrogens is 344 g/mol. The van der Waals surface area contributed by atoms with Gasteiger partial charge in [-0.25, -0.2) is 4.79 Å². The van der Waals surface area contributed by atoms with E-state index in [-0.39, 0.29) is 11.6 Å². The lowest BCUT2D eigenvalue weighted by Gasteiger charge is -2.14. The third-order valence-electron chi connectivity index (χ3n) is 3.23. The Morgan fingerprint density at radius 1 is 1.40 bits per heavy atom. The Kier molecular flexibility index (Phi) is 6.38. The number of carbonyl (C=O) groups excluding carboxylic acids is 2. The minimum Gasteiger partial charge on any atom is -0.465 e. The zero-order chi connectivity index (χ0) is 18.2. The number of carbonyl (C=O) groups is 2. The molecule has 0 aliphatic carbocycles. The van der Waals surface area contributed by atoms with Gasteiger partial charge in [-0.1, -0.05) is 23.7 Å². The highest BCUT2D eigenvalue weighted by atomic mass is 35.5. The van der Waals surface area contributed by atoms with Crippen molar-refractivity contribution in [1.29, 1.82) is 5.26 Å². The monoisotopic (exact) mass is 358 g/mol. The van der Waals surface area contributed by atoms with E-state index in [9.17, 15) is 9.59 Å². The summed E-state index contributed by atoms with van der Waals surface area (Å²) in [5.41, 5.74) is 0.563. The summed E-state index contributed by atoms with van der Waals surface area (Å²) in [5, 5.41) is 12.3. The van der Waals surface area contributed by atoms with Crippen molar-refractivity contribution >= 4 is 29.6 Å². The zero-order valence-electron chi connectivity index (χ0n) is 13.4. The number of halogens is 1. The van der Waals surface area contributed by atoms with Gasteiger partial charge in [-0.05, 0) is 36.8 Å². The number of nitriles is 1. The van der Waals surface area contributed by atoms with Crippen LogP contribution in [0.5, 0.6) is 0 Å². The van der Waals surface area contributed by atoms with Crippen LogP contribution < -0.4 is 5.32 Å². The number of ether oxygens (including phenoxy) is 1. The fourth-order valence-corrected chi connectivity index (χ4v) is 2.20. The molecule has 2 aromatic rings. The van der Waals surface area contributed by atoms with Gasteiger partial charge in [0.2, 0.25) is 0 Å². The van der Waals surface area contributed by atoms with Crippen molar-refractivity contribution in [3.8, 4) is 6.07 Å².